The van der Waals surface area contributed by atoms with E-state index in [9.17, 15) is 4.79 Å². The maximum atomic E-state index is 12.5. The molecule has 8 heteroatoms. The van der Waals surface area contributed by atoms with Gasteiger partial charge in [0.2, 0.25) is 0 Å². The molecule has 0 saturated carbocycles. The van der Waals surface area contributed by atoms with E-state index < -0.39 is 0 Å². The Morgan fingerprint density at radius 2 is 1.50 bits per heavy atom. The number of aryl methyl sites for hydroxylation is 1. The predicted molar refractivity (Wildman–Crippen MR) is 117 cm³/mol. The van der Waals surface area contributed by atoms with Gasteiger partial charge in [0.05, 0.1) is 0 Å². The summed E-state index contributed by atoms with van der Waals surface area (Å²) in [5, 5.41) is 8.89. The Morgan fingerprint density at radius 3 is 2.07 bits per heavy atom. The number of amides is 1. The summed E-state index contributed by atoms with van der Waals surface area (Å²) in [5.74, 6) is 2.57. The van der Waals surface area contributed by atoms with E-state index in [-0.39, 0.29) is 12.5 Å². The lowest BCUT2D eigenvalue weighted by molar-refractivity contribution is -0.133. The second-order valence-corrected chi connectivity index (χ2v) is 8.01. The number of anilines is 2. The van der Waals surface area contributed by atoms with Crippen LogP contribution in [0.2, 0.25) is 0 Å². The minimum Gasteiger partial charge on any atom is -0.484 e. The second kappa shape index (κ2) is 9.30. The SMILES string of the molecule is Cc1cccc(OCC(=O)N2CCN(c3ccc(N4CCN(C)CC4)nn3)CC2)c1. The highest BCUT2D eigenvalue weighted by molar-refractivity contribution is 5.78. The number of likely N-dealkylation sites (N-methyl/N-ethyl adjacent to an activating group) is 1. The lowest BCUT2D eigenvalue weighted by Crippen LogP contribution is -2.50. The van der Waals surface area contributed by atoms with Crippen molar-refractivity contribution in [1.29, 1.82) is 0 Å². The molecular formula is C22H30N6O2. The number of carbonyl (C=O) groups is 1. The van der Waals surface area contributed by atoms with Gasteiger partial charge in [-0.2, -0.15) is 0 Å². The first-order valence-corrected chi connectivity index (χ1v) is 10.6. The normalized spacial score (nSPS) is 17.9. The largest absolute Gasteiger partial charge is 0.484 e. The smallest absolute Gasteiger partial charge is 0.260 e. The molecule has 0 bridgehead atoms. The minimum absolute atomic E-state index is 0.0210. The Balaban J connectivity index is 1.25. The number of rotatable bonds is 5. The van der Waals surface area contributed by atoms with Crippen LogP contribution in [0.5, 0.6) is 5.75 Å². The van der Waals surface area contributed by atoms with Crippen molar-refractivity contribution < 1.29 is 9.53 Å². The van der Waals surface area contributed by atoms with Crippen molar-refractivity contribution in [3.8, 4) is 5.75 Å². The summed E-state index contributed by atoms with van der Waals surface area (Å²) in [5.41, 5.74) is 1.12. The van der Waals surface area contributed by atoms with Crippen LogP contribution in [0, 0.1) is 6.92 Å². The monoisotopic (exact) mass is 410 g/mol. The van der Waals surface area contributed by atoms with Gasteiger partial charge >= 0.3 is 0 Å². The predicted octanol–water partition coefficient (Wildman–Crippen LogP) is 1.26. The van der Waals surface area contributed by atoms with Gasteiger partial charge < -0.3 is 24.3 Å². The zero-order chi connectivity index (χ0) is 20.9. The molecule has 0 spiro atoms. The number of piperazine rings is 2. The van der Waals surface area contributed by atoms with Crippen molar-refractivity contribution in [2.24, 2.45) is 0 Å². The fourth-order valence-corrected chi connectivity index (χ4v) is 3.82. The molecule has 2 fully saturated rings. The fraction of sp³-hybridized carbons (Fsp3) is 0.500. The lowest BCUT2D eigenvalue weighted by Gasteiger charge is -2.35. The number of benzene rings is 1. The number of ether oxygens (including phenoxy) is 1. The Bertz CT molecular complexity index is 843. The highest BCUT2D eigenvalue weighted by Crippen LogP contribution is 2.18. The molecule has 2 aliphatic rings. The van der Waals surface area contributed by atoms with Gasteiger partial charge in [-0.1, -0.05) is 12.1 Å². The Hall–Kier alpha value is -2.87. The van der Waals surface area contributed by atoms with Gasteiger partial charge in [-0.15, -0.1) is 10.2 Å². The van der Waals surface area contributed by atoms with E-state index in [1.165, 1.54) is 0 Å². The summed E-state index contributed by atoms with van der Waals surface area (Å²) in [4.78, 5) is 21.1. The van der Waals surface area contributed by atoms with Crippen LogP contribution < -0.4 is 14.5 Å². The summed E-state index contributed by atoms with van der Waals surface area (Å²) in [6.45, 7) is 8.97. The molecular weight excluding hydrogens is 380 g/mol. The van der Waals surface area contributed by atoms with Crippen LogP contribution in [-0.2, 0) is 4.79 Å². The topological polar surface area (TPSA) is 65.0 Å². The summed E-state index contributed by atoms with van der Waals surface area (Å²) < 4.78 is 5.66. The van der Waals surface area contributed by atoms with Crippen LogP contribution in [0.4, 0.5) is 11.6 Å². The summed E-state index contributed by atoms with van der Waals surface area (Å²) in [6, 6.07) is 11.9. The number of carbonyl (C=O) groups excluding carboxylic acids is 1. The Labute approximate surface area is 178 Å². The minimum atomic E-state index is 0.0210. The molecule has 30 heavy (non-hydrogen) atoms. The Morgan fingerprint density at radius 1 is 0.900 bits per heavy atom. The summed E-state index contributed by atoms with van der Waals surface area (Å²) in [6.07, 6.45) is 0. The van der Waals surface area contributed by atoms with Crippen molar-refractivity contribution >= 4 is 17.5 Å². The highest BCUT2D eigenvalue weighted by Gasteiger charge is 2.23. The van der Waals surface area contributed by atoms with Gasteiger partial charge in [-0.25, -0.2) is 0 Å². The molecule has 0 N–H and O–H groups in total. The molecule has 0 unspecified atom stereocenters. The molecule has 160 valence electrons. The van der Waals surface area contributed by atoms with E-state index >= 15 is 0 Å². The number of hydrogen-bond donors (Lipinski definition) is 0. The third-order valence-electron chi connectivity index (χ3n) is 5.77. The molecule has 3 heterocycles. The first kappa shape index (κ1) is 20.4. The molecule has 0 atom stereocenters. The summed E-state index contributed by atoms with van der Waals surface area (Å²) in [7, 11) is 2.14. The van der Waals surface area contributed by atoms with Crippen molar-refractivity contribution in [1.82, 2.24) is 20.0 Å². The molecule has 0 radical (unpaired) electrons. The molecule has 4 rings (SSSR count). The van der Waals surface area contributed by atoms with Crippen LogP contribution in [0.1, 0.15) is 5.56 Å². The summed E-state index contributed by atoms with van der Waals surface area (Å²) >= 11 is 0. The quantitative estimate of drug-likeness (QED) is 0.735. The fourth-order valence-electron chi connectivity index (χ4n) is 3.82. The number of aromatic nitrogens is 2. The third-order valence-corrected chi connectivity index (χ3v) is 5.77. The van der Waals surface area contributed by atoms with E-state index in [1.807, 2.05) is 42.2 Å². The van der Waals surface area contributed by atoms with Crippen LogP contribution >= 0.6 is 0 Å². The van der Waals surface area contributed by atoms with E-state index in [4.69, 9.17) is 4.74 Å². The van der Waals surface area contributed by atoms with Crippen LogP contribution in [0.25, 0.3) is 0 Å². The second-order valence-electron chi connectivity index (χ2n) is 8.01. The lowest BCUT2D eigenvalue weighted by atomic mass is 10.2. The molecule has 2 aromatic rings. The first-order valence-electron chi connectivity index (χ1n) is 10.6. The average molecular weight is 411 g/mol. The molecule has 2 saturated heterocycles. The maximum absolute atomic E-state index is 12.5. The van der Waals surface area contributed by atoms with Gasteiger partial charge in [0, 0.05) is 52.4 Å². The zero-order valence-corrected chi connectivity index (χ0v) is 17.8. The van der Waals surface area contributed by atoms with Crippen LogP contribution in [0.15, 0.2) is 36.4 Å². The maximum Gasteiger partial charge on any atom is 0.260 e. The molecule has 8 nitrogen and oxygen atoms in total. The third kappa shape index (κ3) is 4.99. The molecule has 0 aliphatic carbocycles. The molecule has 1 amide bonds. The van der Waals surface area contributed by atoms with Crippen LogP contribution in [0.3, 0.4) is 0 Å². The van der Waals surface area contributed by atoms with Crippen molar-refractivity contribution in [3.63, 3.8) is 0 Å². The number of hydrogen-bond acceptors (Lipinski definition) is 7. The van der Waals surface area contributed by atoms with Gasteiger partial charge in [0.1, 0.15) is 5.75 Å². The molecule has 1 aromatic carbocycles. The van der Waals surface area contributed by atoms with Crippen molar-refractivity contribution in [2.75, 3.05) is 75.8 Å². The van der Waals surface area contributed by atoms with Gasteiger partial charge in [0.25, 0.3) is 5.91 Å². The molecule has 2 aliphatic heterocycles. The van der Waals surface area contributed by atoms with E-state index in [0.717, 1.165) is 62.2 Å². The van der Waals surface area contributed by atoms with Gasteiger partial charge in [-0.3, -0.25) is 4.79 Å². The van der Waals surface area contributed by atoms with E-state index in [1.54, 1.807) is 0 Å². The van der Waals surface area contributed by atoms with Crippen LogP contribution in [-0.4, -0.2) is 91.9 Å². The van der Waals surface area contributed by atoms with E-state index in [2.05, 4.69) is 38.0 Å². The average Bonchev–Trinajstić information content (AvgIpc) is 2.78. The van der Waals surface area contributed by atoms with Crippen molar-refractivity contribution in [3.05, 3.63) is 42.0 Å². The zero-order valence-electron chi connectivity index (χ0n) is 17.8. The van der Waals surface area contributed by atoms with Gasteiger partial charge in [0.15, 0.2) is 18.2 Å². The van der Waals surface area contributed by atoms with Gasteiger partial charge in [-0.05, 0) is 43.8 Å². The Kier molecular flexibility index (Phi) is 6.32. The number of nitrogens with zero attached hydrogens (tertiary/aromatic N) is 6. The van der Waals surface area contributed by atoms with Crippen molar-refractivity contribution in [2.45, 2.75) is 6.92 Å². The first-order chi connectivity index (χ1) is 14.6. The van der Waals surface area contributed by atoms with E-state index in [0.29, 0.717) is 13.1 Å². The highest BCUT2D eigenvalue weighted by atomic mass is 16.5. The standard InChI is InChI=1S/C22H30N6O2/c1-18-4-3-5-19(16-18)30-17-22(29)28-14-12-27(13-15-28)21-7-6-20(23-24-21)26-10-8-25(2)9-11-26/h3-7,16H,8-15,17H2,1-2H3. The molecule has 1 aromatic heterocycles.